The summed E-state index contributed by atoms with van der Waals surface area (Å²) in [5.41, 5.74) is 0.247. The summed E-state index contributed by atoms with van der Waals surface area (Å²) in [4.78, 5) is 26.2. The molecule has 0 atom stereocenters. The van der Waals surface area contributed by atoms with Crippen molar-refractivity contribution in [2.45, 2.75) is 9.10 Å². The van der Waals surface area contributed by atoms with E-state index < -0.39 is 20.7 Å². The van der Waals surface area contributed by atoms with Gasteiger partial charge >= 0.3 is 0 Å². The van der Waals surface area contributed by atoms with Crippen molar-refractivity contribution in [3.05, 3.63) is 74.0 Å². The number of thiazole rings is 1. The Morgan fingerprint density at radius 3 is 2.44 bits per heavy atom. The van der Waals surface area contributed by atoms with Crippen LogP contribution in [0.5, 0.6) is 0 Å². The third kappa shape index (κ3) is 4.14. The highest BCUT2D eigenvalue weighted by Gasteiger charge is 2.22. The lowest BCUT2D eigenvalue weighted by Crippen LogP contribution is -2.12. The van der Waals surface area contributed by atoms with Gasteiger partial charge in [0.15, 0.2) is 5.13 Å². The van der Waals surface area contributed by atoms with Gasteiger partial charge in [-0.3, -0.25) is 20.2 Å². The molecule has 0 saturated carbocycles. The highest BCUT2D eigenvalue weighted by Crippen LogP contribution is 2.29. The van der Waals surface area contributed by atoms with E-state index in [0.717, 1.165) is 45.4 Å². The average Bonchev–Trinajstić information content (AvgIpc) is 3.11. The summed E-state index contributed by atoms with van der Waals surface area (Å²) in [6, 6.07) is 11.5. The third-order valence-corrected chi connectivity index (χ3v) is 7.53. The first-order valence-electron chi connectivity index (χ1n) is 7.30. The van der Waals surface area contributed by atoms with Gasteiger partial charge in [-0.05, 0) is 46.9 Å². The fraction of sp³-hybridized carbons (Fsp3) is 0. The Balaban J connectivity index is 1.83. The Labute approximate surface area is 171 Å². The number of benzene rings is 2. The zero-order valence-electron chi connectivity index (χ0n) is 13.3. The molecule has 0 aliphatic rings. The van der Waals surface area contributed by atoms with Gasteiger partial charge in [-0.2, -0.15) is 0 Å². The molecule has 1 amide bonds. The van der Waals surface area contributed by atoms with Crippen molar-refractivity contribution in [3.8, 4) is 0 Å². The van der Waals surface area contributed by atoms with Gasteiger partial charge in [0.1, 0.15) is 4.21 Å². The van der Waals surface area contributed by atoms with E-state index in [1.54, 1.807) is 24.3 Å². The quantitative estimate of drug-likeness (QED) is 0.314. The van der Waals surface area contributed by atoms with Crippen LogP contribution in [0.15, 0.2) is 63.8 Å². The molecule has 0 aliphatic carbocycles. The Morgan fingerprint density at radius 1 is 1.15 bits per heavy atom. The van der Waals surface area contributed by atoms with Crippen molar-refractivity contribution in [2.24, 2.45) is 0 Å². The second-order valence-electron chi connectivity index (χ2n) is 5.17. The van der Waals surface area contributed by atoms with Crippen LogP contribution in [0, 0.1) is 13.7 Å². The maximum Gasteiger partial charge on any atom is 0.269 e. The molecule has 0 radical (unpaired) electrons. The zero-order chi connectivity index (χ0) is 19.6. The maximum absolute atomic E-state index is 12.6. The highest BCUT2D eigenvalue weighted by molar-refractivity contribution is 14.1. The first kappa shape index (κ1) is 19.4. The lowest BCUT2D eigenvalue weighted by atomic mass is 10.2. The summed E-state index contributed by atoms with van der Waals surface area (Å²) in [7, 11) is -3.89. The second kappa shape index (κ2) is 7.70. The monoisotopic (exact) mass is 515 g/mol. The Morgan fingerprint density at radius 2 is 1.81 bits per heavy atom. The lowest BCUT2D eigenvalue weighted by molar-refractivity contribution is -0.384. The number of non-ortho nitro benzene ring substituents is 1. The van der Waals surface area contributed by atoms with Crippen molar-refractivity contribution >= 4 is 60.5 Å². The number of amides is 1. The predicted molar refractivity (Wildman–Crippen MR) is 108 cm³/mol. The fourth-order valence-electron chi connectivity index (χ4n) is 2.11. The van der Waals surface area contributed by atoms with Crippen LogP contribution in [0.1, 0.15) is 10.4 Å². The maximum atomic E-state index is 12.6. The predicted octanol–water partition coefficient (Wildman–Crippen LogP) is 3.74. The molecule has 2 aromatic carbocycles. The van der Waals surface area contributed by atoms with Crippen molar-refractivity contribution in [1.29, 1.82) is 0 Å². The van der Waals surface area contributed by atoms with Crippen molar-refractivity contribution in [3.63, 3.8) is 0 Å². The molecule has 0 unspecified atom stereocenters. The van der Waals surface area contributed by atoms with Crippen LogP contribution < -0.4 is 5.32 Å². The van der Waals surface area contributed by atoms with Crippen LogP contribution in [0.4, 0.5) is 10.8 Å². The number of sulfone groups is 1. The highest BCUT2D eigenvalue weighted by atomic mass is 127. The van der Waals surface area contributed by atoms with E-state index in [0.29, 0.717) is 5.56 Å². The normalized spacial score (nSPS) is 11.1. The molecule has 0 fully saturated rings. The van der Waals surface area contributed by atoms with Crippen molar-refractivity contribution in [1.82, 2.24) is 4.98 Å². The molecule has 11 heteroatoms. The number of nitro groups is 1. The minimum absolute atomic E-state index is 0.0746. The van der Waals surface area contributed by atoms with Crippen LogP contribution in [0.3, 0.4) is 0 Å². The average molecular weight is 515 g/mol. The number of rotatable bonds is 5. The van der Waals surface area contributed by atoms with Gasteiger partial charge in [0.25, 0.3) is 11.6 Å². The number of hydrogen-bond donors (Lipinski definition) is 1. The molecule has 3 rings (SSSR count). The molecule has 8 nitrogen and oxygen atoms in total. The molecule has 0 saturated heterocycles. The van der Waals surface area contributed by atoms with Crippen molar-refractivity contribution in [2.75, 3.05) is 5.32 Å². The summed E-state index contributed by atoms with van der Waals surface area (Å²) in [6.07, 6.45) is 1.15. The molecule has 1 aromatic heterocycles. The van der Waals surface area contributed by atoms with Crippen LogP contribution in [-0.2, 0) is 9.84 Å². The van der Waals surface area contributed by atoms with E-state index in [1.165, 1.54) is 0 Å². The first-order chi connectivity index (χ1) is 12.8. The second-order valence-corrected chi connectivity index (χ2v) is 9.54. The molecular formula is C16H10IN3O5S2. The molecule has 3 aromatic rings. The van der Waals surface area contributed by atoms with Crippen LogP contribution >= 0.6 is 33.9 Å². The number of aromatic nitrogens is 1. The summed E-state index contributed by atoms with van der Waals surface area (Å²) in [6.45, 7) is 0. The van der Waals surface area contributed by atoms with Gasteiger partial charge in [0, 0.05) is 15.7 Å². The summed E-state index contributed by atoms with van der Waals surface area (Å²) >= 11 is 2.84. The number of nitro benzene ring substituents is 1. The van der Waals surface area contributed by atoms with E-state index in [9.17, 15) is 23.3 Å². The topological polar surface area (TPSA) is 119 Å². The minimum atomic E-state index is -3.89. The molecule has 0 bridgehead atoms. The number of halogens is 1. The smallest absolute Gasteiger partial charge is 0.269 e. The van der Waals surface area contributed by atoms with Crippen LogP contribution in [0.2, 0.25) is 0 Å². The van der Waals surface area contributed by atoms with Crippen LogP contribution in [0.25, 0.3) is 0 Å². The number of nitrogens with one attached hydrogen (secondary N) is 1. The summed E-state index contributed by atoms with van der Waals surface area (Å²) in [5.74, 6) is -0.395. The van der Waals surface area contributed by atoms with E-state index in [4.69, 9.17) is 0 Å². The van der Waals surface area contributed by atoms with Gasteiger partial charge in [0.05, 0.1) is 21.6 Å². The summed E-state index contributed by atoms with van der Waals surface area (Å²) < 4.78 is 25.9. The van der Waals surface area contributed by atoms with Gasteiger partial charge in [-0.1, -0.05) is 23.5 Å². The summed E-state index contributed by atoms with van der Waals surface area (Å²) in [5, 5.41) is 13.4. The zero-order valence-corrected chi connectivity index (χ0v) is 17.1. The molecular weight excluding hydrogens is 505 g/mol. The molecule has 0 spiro atoms. The molecule has 0 aliphatic heterocycles. The van der Waals surface area contributed by atoms with E-state index in [1.807, 2.05) is 22.6 Å². The third-order valence-electron chi connectivity index (χ3n) is 3.45. The number of nitrogens with zero attached hydrogens (tertiary/aromatic N) is 2. The SMILES string of the molecule is O=C(Nc1ncc(S(=O)(=O)c2ccc([N+](=O)[O-])cc2)s1)c1ccccc1I. The lowest BCUT2D eigenvalue weighted by Gasteiger charge is -2.03. The first-order valence-corrected chi connectivity index (χ1v) is 10.7. The Hall–Kier alpha value is -2.38. The molecule has 1 heterocycles. The van der Waals surface area contributed by atoms with Gasteiger partial charge in [-0.25, -0.2) is 13.4 Å². The number of hydrogen-bond acceptors (Lipinski definition) is 7. The minimum Gasteiger partial charge on any atom is -0.298 e. The molecule has 27 heavy (non-hydrogen) atoms. The largest absolute Gasteiger partial charge is 0.298 e. The number of carbonyl (C=O) groups excluding carboxylic acids is 1. The Bertz CT molecular complexity index is 1130. The molecule has 1 N–H and O–H groups in total. The number of carbonyl (C=O) groups is 1. The van der Waals surface area contributed by atoms with E-state index in [-0.39, 0.29) is 19.9 Å². The van der Waals surface area contributed by atoms with Gasteiger partial charge < -0.3 is 0 Å². The Kier molecular flexibility index (Phi) is 5.53. The van der Waals surface area contributed by atoms with E-state index in [2.05, 4.69) is 10.3 Å². The fourth-order valence-corrected chi connectivity index (χ4v) is 5.17. The van der Waals surface area contributed by atoms with E-state index >= 15 is 0 Å². The van der Waals surface area contributed by atoms with Gasteiger partial charge in [-0.15, -0.1) is 0 Å². The number of anilines is 1. The van der Waals surface area contributed by atoms with Crippen LogP contribution in [-0.4, -0.2) is 24.2 Å². The van der Waals surface area contributed by atoms with Crippen molar-refractivity contribution < 1.29 is 18.1 Å². The molecule has 138 valence electrons. The standard InChI is InChI=1S/C16H10IN3O5S2/c17-13-4-2-1-3-12(13)15(21)19-16-18-9-14(26-16)27(24,25)11-7-5-10(6-8-11)20(22)23/h1-9H,(H,18,19,21). The van der Waals surface area contributed by atoms with Gasteiger partial charge in [0.2, 0.25) is 9.84 Å².